The third-order valence-corrected chi connectivity index (χ3v) is 15.8. The summed E-state index contributed by atoms with van der Waals surface area (Å²) >= 11 is 0. The van der Waals surface area contributed by atoms with Crippen LogP contribution in [0.3, 0.4) is 0 Å². The van der Waals surface area contributed by atoms with Gasteiger partial charge in [0.05, 0.1) is 39.9 Å². The number of likely N-dealkylation sites (N-methyl/N-ethyl adjacent to an activating group) is 1. The third-order valence-electron chi connectivity index (χ3n) is 14.8. The molecule has 0 aliphatic carbocycles. The highest BCUT2D eigenvalue weighted by Crippen LogP contribution is 2.38. The second-order valence-electron chi connectivity index (χ2n) is 23.1. The Labute approximate surface area is 438 Å². The molecule has 0 rings (SSSR count). The van der Waals surface area contributed by atoms with Crippen molar-refractivity contribution in [1.29, 1.82) is 0 Å². The normalized spacial score (nSPS) is 13.8. The van der Waals surface area contributed by atoms with E-state index in [0.29, 0.717) is 23.9 Å². The smallest absolute Gasteiger partial charge is 0.268 e. The summed E-state index contributed by atoms with van der Waals surface area (Å²) < 4.78 is 23.4. The Morgan fingerprint density at radius 3 is 0.971 bits per heavy atom. The lowest BCUT2D eigenvalue weighted by Crippen LogP contribution is -2.46. The molecule has 0 aromatic carbocycles. The van der Waals surface area contributed by atoms with Gasteiger partial charge >= 0.3 is 0 Å². The van der Waals surface area contributed by atoms with Gasteiger partial charge in [0.25, 0.3) is 7.82 Å². The molecule has 8 nitrogen and oxygen atoms in total. The molecule has 0 aromatic heterocycles. The van der Waals surface area contributed by atoms with Crippen LogP contribution in [0.25, 0.3) is 0 Å². The Hall–Kier alpha value is -0.500. The van der Waals surface area contributed by atoms with Crippen molar-refractivity contribution >= 4 is 13.7 Å². The van der Waals surface area contributed by atoms with E-state index in [1.807, 2.05) is 21.1 Å². The molecule has 0 aliphatic rings. The molecule has 0 saturated carbocycles. The van der Waals surface area contributed by atoms with Crippen LogP contribution in [0, 0.1) is 0 Å². The first-order chi connectivity index (χ1) is 34.0. The van der Waals surface area contributed by atoms with Gasteiger partial charge in [0, 0.05) is 6.42 Å². The first-order valence-electron chi connectivity index (χ1n) is 31.4. The van der Waals surface area contributed by atoms with Gasteiger partial charge in [-0.25, -0.2) is 0 Å². The fourth-order valence-electron chi connectivity index (χ4n) is 9.93. The molecule has 2 N–H and O–H groups in total. The zero-order valence-electron chi connectivity index (χ0n) is 48.0. The molecule has 0 fully saturated rings. The van der Waals surface area contributed by atoms with Gasteiger partial charge in [0.15, 0.2) is 0 Å². The third kappa shape index (κ3) is 55.3. The standard InChI is InChI=1S/C61H125N2O6P/c1-6-8-10-12-14-16-18-20-21-22-23-24-25-26-27-28-29-30-31-32-33-34-35-36-37-38-39-40-41-42-43-45-47-49-51-53-55-61(65)62-59(58-69-70(66,67)68-57-56-63(3,4)5)60(64)54-52-50-48-46-44-19-17-15-13-11-9-7-2/h59-60,64H,6-58H2,1-5H3,(H-,62,65,66,67)/t59-,60+/m0/s1. The minimum absolute atomic E-state index is 0.0163. The van der Waals surface area contributed by atoms with Crippen molar-refractivity contribution in [3.05, 3.63) is 0 Å². The molecule has 1 amide bonds. The number of carbonyl (C=O) groups excluding carboxylic acids is 1. The number of aliphatic hydroxyl groups excluding tert-OH is 1. The van der Waals surface area contributed by atoms with E-state index in [-0.39, 0.29) is 19.1 Å². The largest absolute Gasteiger partial charge is 0.756 e. The summed E-state index contributed by atoms with van der Waals surface area (Å²) in [6, 6.07) is -0.794. The van der Waals surface area contributed by atoms with E-state index in [4.69, 9.17) is 9.05 Å². The van der Waals surface area contributed by atoms with E-state index in [0.717, 1.165) is 38.5 Å². The van der Waals surface area contributed by atoms with Crippen LogP contribution in [0.1, 0.15) is 335 Å². The lowest BCUT2D eigenvalue weighted by molar-refractivity contribution is -0.870. The van der Waals surface area contributed by atoms with Gasteiger partial charge in [-0.3, -0.25) is 9.36 Å². The summed E-state index contributed by atoms with van der Waals surface area (Å²) in [6.07, 6.45) is 64.7. The number of amides is 1. The summed E-state index contributed by atoms with van der Waals surface area (Å²) in [5.74, 6) is -0.157. The maximum Gasteiger partial charge on any atom is 0.268 e. The molecule has 9 heteroatoms. The highest BCUT2D eigenvalue weighted by Gasteiger charge is 2.24. The summed E-state index contributed by atoms with van der Waals surface area (Å²) in [5.41, 5.74) is 0. The Morgan fingerprint density at radius 2 is 0.700 bits per heavy atom. The average molecular weight is 1010 g/mol. The highest BCUT2D eigenvalue weighted by molar-refractivity contribution is 7.45. The van der Waals surface area contributed by atoms with Gasteiger partial charge in [0.1, 0.15) is 13.2 Å². The molecule has 0 spiro atoms. The van der Waals surface area contributed by atoms with E-state index in [1.165, 1.54) is 270 Å². The Morgan fingerprint density at radius 1 is 0.443 bits per heavy atom. The van der Waals surface area contributed by atoms with Gasteiger partial charge in [-0.2, -0.15) is 0 Å². The van der Waals surface area contributed by atoms with E-state index < -0.39 is 20.0 Å². The molecule has 420 valence electrons. The fourth-order valence-corrected chi connectivity index (χ4v) is 10.7. The molecule has 70 heavy (non-hydrogen) atoms. The van der Waals surface area contributed by atoms with E-state index in [2.05, 4.69) is 19.2 Å². The second kappa shape index (κ2) is 53.3. The minimum Gasteiger partial charge on any atom is -0.756 e. The van der Waals surface area contributed by atoms with Gasteiger partial charge in [0.2, 0.25) is 5.91 Å². The fraction of sp³-hybridized carbons (Fsp3) is 0.984. The van der Waals surface area contributed by atoms with Crippen LogP contribution in [-0.4, -0.2) is 68.5 Å². The lowest BCUT2D eigenvalue weighted by Gasteiger charge is -2.30. The quantitative estimate of drug-likeness (QED) is 0.0357. The number of carbonyl (C=O) groups is 1. The van der Waals surface area contributed by atoms with Crippen molar-refractivity contribution in [3.8, 4) is 0 Å². The Kier molecular flexibility index (Phi) is 52.9. The molecule has 3 atom stereocenters. The summed E-state index contributed by atoms with van der Waals surface area (Å²) in [4.78, 5) is 25.5. The van der Waals surface area contributed by atoms with Crippen LogP contribution >= 0.6 is 7.82 Å². The van der Waals surface area contributed by atoms with Crippen molar-refractivity contribution in [1.82, 2.24) is 5.32 Å². The van der Waals surface area contributed by atoms with E-state index in [9.17, 15) is 19.4 Å². The Bertz CT molecular complexity index is 1100. The van der Waals surface area contributed by atoms with Crippen LogP contribution in [0.15, 0.2) is 0 Å². The number of hydrogen-bond acceptors (Lipinski definition) is 6. The average Bonchev–Trinajstić information content (AvgIpc) is 3.32. The summed E-state index contributed by atoms with van der Waals surface area (Å²) in [6.45, 7) is 4.76. The van der Waals surface area contributed by atoms with E-state index in [1.54, 1.807) is 0 Å². The number of aliphatic hydroxyl groups is 1. The molecule has 0 bridgehead atoms. The molecule has 0 saturated heterocycles. The minimum atomic E-state index is -4.56. The first kappa shape index (κ1) is 69.5. The van der Waals surface area contributed by atoms with Crippen molar-refractivity contribution in [2.45, 2.75) is 347 Å². The van der Waals surface area contributed by atoms with Crippen LogP contribution in [0.2, 0.25) is 0 Å². The molecule has 0 radical (unpaired) electrons. The summed E-state index contributed by atoms with van der Waals surface area (Å²) in [7, 11) is 1.32. The van der Waals surface area contributed by atoms with Crippen LogP contribution in [0.4, 0.5) is 0 Å². The van der Waals surface area contributed by atoms with Crippen LogP contribution in [0.5, 0.6) is 0 Å². The SMILES string of the molecule is CCCCCCCCCCCCCCCCCCCCCCCCCCCCCCCCCCCCCCC(=O)N[C@@H](COP(=O)([O-])OCC[N+](C)(C)C)[C@H](O)CCCCCCCCCCCCCC. The highest BCUT2D eigenvalue weighted by atomic mass is 31.2. The molecular weight excluding hydrogens is 888 g/mol. The van der Waals surface area contributed by atoms with Gasteiger partial charge < -0.3 is 28.8 Å². The van der Waals surface area contributed by atoms with Gasteiger partial charge in [-0.05, 0) is 12.8 Å². The molecular formula is C61H125N2O6P. The topological polar surface area (TPSA) is 108 Å². The second-order valence-corrected chi connectivity index (χ2v) is 24.5. The maximum atomic E-state index is 13.0. The number of quaternary nitrogens is 1. The monoisotopic (exact) mass is 1010 g/mol. The number of phosphoric ester groups is 1. The number of rotatable bonds is 59. The zero-order valence-corrected chi connectivity index (χ0v) is 48.9. The summed E-state index contributed by atoms with van der Waals surface area (Å²) in [5, 5.41) is 14.0. The van der Waals surface area contributed by atoms with Crippen molar-refractivity contribution in [3.63, 3.8) is 0 Å². The number of nitrogens with zero attached hydrogens (tertiary/aromatic N) is 1. The molecule has 0 aliphatic heterocycles. The van der Waals surface area contributed by atoms with Crippen molar-refractivity contribution < 1.29 is 32.9 Å². The molecule has 0 heterocycles. The van der Waals surface area contributed by atoms with E-state index >= 15 is 0 Å². The van der Waals surface area contributed by atoms with Crippen LogP contribution in [-0.2, 0) is 18.4 Å². The number of nitrogens with one attached hydrogen (secondary N) is 1. The first-order valence-corrected chi connectivity index (χ1v) is 32.8. The zero-order chi connectivity index (χ0) is 51.3. The maximum absolute atomic E-state index is 13.0. The van der Waals surface area contributed by atoms with Gasteiger partial charge in [-0.15, -0.1) is 0 Å². The number of unbranched alkanes of at least 4 members (excludes halogenated alkanes) is 46. The Balaban J connectivity index is 3.83. The molecule has 0 aromatic rings. The number of hydrogen-bond donors (Lipinski definition) is 2. The molecule has 1 unspecified atom stereocenters. The predicted octanol–water partition coefficient (Wildman–Crippen LogP) is 18.6. The van der Waals surface area contributed by atoms with Gasteiger partial charge in [-0.1, -0.05) is 316 Å². The van der Waals surface area contributed by atoms with Crippen LogP contribution < -0.4 is 10.2 Å². The lowest BCUT2D eigenvalue weighted by atomic mass is 10.0. The van der Waals surface area contributed by atoms with Crippen molar-refractivity contribution in [2.24, 2.45) is 0 Å². The predicted molar refractivity (Wildman–Crippen MR) is 303 cm³/mol. The van der Waals surface area contributed by atoms with Crippen molar-refractivity contribution in [2.75, 3.05) is 40.9 Å². The number of phosphoric acid groups is 1.